The Morgan fingerprint density at radius 2 is 2.00 bits per heavy atom. The van der Waals surface area contributed by atoms with Crippen molar-refractivity contribution in [3.8, 4) is 0 Å². The normalized spacial score (nSPS) is 19.4. The first-order chi connectivity index (χ1) is 7.76. The molecule has 1 fully saturated rings. The van der Waals surface area contributed by atoms with E-state index in [-0.39, 0.29) is 11.4 Å². The lowest BCUT2D eigenvalue weighted by Gasteiger charge is -2.37. The van der Waals surface area contributed by atoms with Gasteiger partial charge in [-0.05, 0) is 36.5 Å². The van der Waals surface area contributed by atoms with E-state index in [9.17, 15) is 4.39 Å². The van der Waals surface area contributed by atoms with Crippen LogP contribution in [0.5, 0.6) is 0 Å². The Kier molecular flexibility index (Phi) is 3.71. The van der Waals surface area contributed by atoms with Crippen LogP contribution in [0.25, 0.3) is 0 Å². The van der Waals surface area contributed by atoms with Crippen LogP contribution in [0.1, 0.15) is 12.8 Å². The van der Waals surface area contributed by atoms with Gasteiger partial charge in [0.25, 0.3) is 0 Å². The first-order valence-corrected chi connectivity index (χ1v) is 6.72. The molecular formula is C12H17FN2S. The van der Waals surface area contributed by atoms with E-state index in [0.717, 1.165) is 24.3 Å². The fraction of sp³-hybridized carbons (Fsp3) is 0.500. The number of hydrogen-bond acceptors (Lipinski definition) is 3. The van der Waals surface area contributed by atoms with Gasteiger partial charge in [0.1, 0.15) is 5.82 Å². The van der Waals surface area contributed by atoms with Crippen molar-refractivity contribution in [2.75, 3.05) is 23.4 Å². The minimum atomic E-state index is -0.200. The zero-order chi connectivity index (χ0) is 11.4. The first-order valence-electron chi connectivity index (χ1n) is 5.56. The van der Waals surface area contributed by atoms with E-state index in [0.29, 0.717) is 12.2 Å². The highest BCUT2D eigenvalue weighted by molar-refractivity contribution is 7.99. The molecule has 1 aliphatic heterocycles. The van der Waals surface area contributed by atoms with E-state index in [1.807, 2.05) is 17.8 Å². The summed E-state index contributed by atoms with van der Waals surface area (Å²) in [6, 6.07) is 6.79. The summed E-state index contributed by atoms with van der Waals surface area (Å²) in [6.07, 6.45) is 2.00. The minimum absolute atomic E-state index is 0.118. The second kappa shape index (κ2) is 5.06. The van der Waals surface area contributed by atoms with Crippen molar-refractivity contribution in [1.29, 1.82) is 0 Å². The van der Waals surface area contributed by atoms with Crippen molar-refractivity contribution in [2.45, 2.75) is 18.4 Å². The summed E-state index contributed by atoms with van der Waals surface area (Å²) in [5.41, 5.74) is 6.29. The summed E-state index contributed by atoms with van der Waals surface area (Å²) in [5.74, 6) is 1.99. The van der Waals surface area contributed by atoms with Gasteiger partial charge in [-0.1, -0.05) is 12.1 Å². The Labute approximate surface area is 99.8 Å². The lowest BCUT2D eigenvalue weighted by molar-refractivity contribution is 0.440. The van der Waals surface area contributed by atoms with Crippen molar-refractivity contribution in [3.63, 3.8) is 0 Å². The number of nitrogens with one attached hydrogen (secondary N) is 1. The predicted molar refractivity (Wildman–Crippen MR) is 68.4 cm³/mol. The highest BCUT2D eigenvalue weighted by atomic mass is 32.2. The van der Waals surface area contributed by atoms with Gasteiger partial charge in [-0.15, -0.1) is 0 Å². The zero-order valence-electron chi connectivity index (χ0n) is 9.21. The van der Waals surface area contributed by atoms with Crippen molar-refractivity contribution >= 4 is 17.4 Å². The molecular weight excluding hydrogens is 223 g/mol. The fourth-order valence-electron chi connectivity index (χ4n) is 1.99. The van der Waals surface area contributed by atoms with E-state index < -0.39 is 0 Å². The molecule has 2 rings (SSSR count). The summed E-state index contributed by atoms with van der Waals surface area (Å²) in [5, 5.41) is 3.30. The van der Waals surface area contributed by atoms with E-state index in [4.69, 9.17) is 5.73 Å². The Morgan fingerprint density at radius 3 is 2.62 bits per heavy atom. The largest absolute Gasteiger partial charge is 0.376 e. The average molecular weight is 240 g/mol. The van der Waals surface area contributed by atoms with Gasteiger partial charge >= 0.3 is 0 Å². The van der Waals surface area contributed by atoms with Crippen LogP contribution in [-0.4, -0.2) is 23.6 Å². The lowest BCUT2D eigenvalue weighted by atomic mass is 9.92. The monoisotopic (exact) mass is 240 g/mol. The molecule has 0 aromatic heterocycles. The third kappa shape index (κ3) is 2.50. The van der Waals surface area contributed by atoms with Gasteiger partial charge in [0.15, 0.2) is 0 Å². The Hall–Kier alpha value is -0.740. The quantitative estimate of drug-likeness (QED) is 0.852. The number of nitrogens with two attached hydrogens (primary N) is 1. The molecule has 1 saturated heterocycles. The molecule has 0 unspecified atom stereocenters. The van der Waals surface area contributed by atoms with Gasteiger partial charge < -0.3 is 11.1 Å². The molecule has 0 bridgehead atoms. The number of rotatable bonds is 3. The van der Waals surface area contributed by atoms with Gasteiger partial charge in [0, 0.05) is 6.54 Å². The summed E-state index contributed by atoms with van der Waals surface area (Å²) in [7, 11) is 0. The Morgan fingerprint density at radius 1 is 1.31 bits per heavy atom. The standard InChI is InChI=1S/C12H17FN2S/c13-10-3-1-2-4-11(10)15-12(9-14)5-7-16-8-6-12/h1-4,15H,5-9,14H2. The van der Waals surface area contributed by atoms with Gasteiger partial charge in [-0.3, -0.25) is 0 Å². The Bertz CT molecular complexity index is 351. The predicted octanol–water partition coefficient (Wildman–Crippen LogP) is 2.46. The van der Waals surface area contributed by atoms with Crippen LogP contribution in [-0.2, 0) is 0 Å². The SMILES string of the molecule is NCC1(Nc2ccccc2F)CCSCC1. The number of thioether (sulfide) groups is 1. The van der Waals surface area contributed by atoms with Crippen molar-refractivity contribution in [3.05, 3.63) is 30.1 Å². The van der Waals surface area contributed by atoms with Crippen molar-refractivity contribution in [2.24, 2.45) is 5.73 Å². The van der Waals surface area contributed by atoms with Crippen LogP contribution >= 0.6 is 11.8 Å². The van der Waals surface area contributed by atoms with Crippen molar-refractivity contribution < 1.29 is 4.39 Å². The Balaban J connectivity index is 2.15. The molecule has 0 radical (unpaired) electrons. The van der Waals surface area contributed by atoms with Gasteiger partial charge in [0.05, 0.1) is 11.2 Å². The number of anilines is 1. The zero-order valence-corrected chi connectivity index (χ0v) is 10.0. The van der Waals surface area contributed by atoms with E-state index in [1.54, 1.807) is 12.1 Å². The molecule has 1 aliphatic rings. The second-order valence-electron chi connectivity index (χ2n) is 4.20. The van der Waals surface area contributed by atoms with Crippen LogP contribution in [0, 0.1) is 5.82 Å². The van der Waals surface area contributed by atoms with Crippen LogP contribution in [0.4, 0.5) is 10.1 Å². The molecule has 2 nitrogen and oxygen atoms in total. The van der Waals surface area contributed by atoms with Gasteiger partial charge in [0.2, 0.25) is 0 Å². The van der Waals surface area contributed by atoms with E-state index in [1.165, 1.54) is 6.07 Å². The highest BCUT2D eigenvalue weighted by Gasteiger charge is 2.31. The molecule has 1 aromatic rings. The summed E-state index contributed by atoms with van der Waals surface area (Å²) in [4.78, 5) is 0. The van der Waals surface area contributed by atoms with E-state index in [2.05, 4.69) is 5.32 Å². The summed E-state index contributed by atoms with van der Waals surface area (Å²) >= 11 is 1.94. The van der Waals surface area contributed by atoms with Gasteiger partial charge in [-0.2, -0.15) is 11.8 Å². The third-order valence-corrected chi connectivity index (χ3v) is 4.10. The molecule has 0 atom stereocenters. The number of halogens is 1. The summed E-state index contributed by atoms with van der Waals surface area (Å²) in [6.45, 7) is 0.557. The molecule has 0 saturated carbocycles. The minimum Gasteiger partial charge on any atom is -0.376 e. The van der Waals surface area contributed by atoms with Crippen LogP contribution in [0.3, 0.4) is 0 Å². The highest BCUT2D eigenvalue weighted by Crippen LogP contribution is 2.30. The molecule has 16 heavy (non-hydrogen) atoms. The molecule has 0 amide bonds. The smallest absolute Gasteiger partial charge is 0.146 e. The number of benzene rings is 1. The number of hydrogen-bond donors (Lipinski definition) is 2. The fourth-order valence-corrected chi connectivity index (χ4v) is 3.26. The number of para-hydroxylation sites is 1. The van der Waals surface area contributed by atoms with Crippen LogP contribution < -0.4 is 11.1 Å². The second-order valence-corrected chi connectivity index (χ2v) is 5.43. The lowest BCUT2D eigenvalue weighted by Crippen LogP contribution is -2.48. The average Bonchev–Trinajstić information content (AvgIpc) is 2.33. The molecule has 3 N–H and O–H groups in total. The van der Waals surface area contributed by atoms with E-state index >= 15 is 0 Å². The van der Waals surface area contributed by atoms with Crippen LogP contribution in [0.2, 0.25) is 0 Å². The molecule has 1 aromatic carbocycles. The van der Waals surface area contributed by atoms with Gasteiger partial charge in [-0.25, -0.2) is 4.39 Å². The maximum Gasteiger partial charge on any atom is 0.146 e. The maximum atomic E-state index is 13.5. The molecule has 0 spiro atoms. The molecule has 1 heterocycles. The summed E-state index contributed by atoms with van der Waals surface area (Å²) < 4.78 is 13.5. The third-order valence-electron chi connectivity index (χ3n) is 3.11. The first kappa shape index (κ1) is 11.7. The molecule has 0 aliphatic carbocycles. The van der Waals surface area contributed by atoms with Crippen LogP contribution in [0.15, 0.2) is 24.3 Å². The molecule has 4 heteroatoms. The van der Waals surface area contributed by atoms with Crippen molar-refractivity contribution in [1.82, 2.24) is 0 Å². The maximum absolute atomic E-state index is 13.5. The molecule has 88 valence electrons. The topological polar surface area (TPSA) is 38.0 Å².